The monoisotopic (exact) mass is 547 g/mol. The molecular weight excluding hydrogens is 512 g/mol. The Hall–Kier alpha value is -3.88. The zero-order valence-electron chi connectivity index (χ0n) is 23.4. The number of aromatic nitrogens is 4. The number of halogens is 2. The van der Waals surface area contributed by atoms with E-state index in [0.29, 0.717) is 35.6 Å². The molecule has 0 saturated carbocycles. The molecule has 210 valence electrons. The van der Waals surface area contributed by atoms with Crippen LogP contribution >= 0.6 is 0 Å². The highest BCUT2D eigenvalue weighted by Crippen LogP contribution is 2.37. The van der Waals surface area contributed by atoms with E-state index < -0.39 is 23.1 Å². The predicted octanol–water partition coefficient (Wildman–Crippen LogP) is 6.67. The Morgan fingerprint density at radius 1 is 1.12 bits per heavy atom. The summed E-state index contributed by atoms with van der Waals surface area (Å²) in [7, 11) is 0. The van der Waals surface area contributed by atoms with E-state index in [4.69, 9.17) is 0 Å². The SMILES string of the molecule is CCCCc1ccnc(C(C)C)c1-n1c(=O)nc(N2CCCC[C@@H]2C)c2cc(F)c(-c3c(O)cccc3F)nc21. The van der Waals surface area contributed by atoms with E-state index in [1.54, 1.807) is 6.20 Å². The number of piperidine rings is 1. The first-order valence-electron chi connectivity index (χ1n) is 14.1. The van der Waals surface area contributed by atoms with Crippen molar-refractivity contribution in [2.75, 3.05) is 11.4 Å². The number of aromatic hydroxyl groups is 1. The van der Waals surface area contributed by atoms with Crippen molar-refractivity contribution in [3.05, 3.63) is 69.9 Å². The van der Waals surface area contributed by atoms with Gasteiger partial charge in [-0.05, 0) is 74.8 Å². The molecule has 1 aromatic carbocycles. The Morgan fingerprint density at radius 2 is 1.93 bits per heavy atom. The standard InChI is InChI=1S/C31H35F2N5O2/c1-5-6-11-20-14-15-34-26(18(2)3)28(20)38-30-21(29(36-31(38)40)37-16-8-7-10-19(37)4)17-23(33)27(35-30)25-22(32)12-9-13-24(25)39/h9,12-15,17-19,39H,5-8,10-11,16H2,1-4H3/t19-/m0/s1. The van der Waals surface area contributed by atoms with E-state index in [9.17, 15) is 14.3 Å². The lowest BCUT2D eigenvalue weighted by Gasteiger charge is -2.35. The number of phenols is 1. The molecule has 0 aliphatic carbocycles. The van der Waals surface area contributed by atoms with E-state index in [-0.39, 0.29) is 28.9 Å². The third-order valence-corrected chi connectivity index (χ3v) is 7.71. The Kier molecular flexibility index (Phi) is 7.83. The van der Waals surface area contributed by atoms with E-state index in [0.717, 1.165) is 43.7 Å². The molecule has 1 atom stereocenters. The first-order valence-corrected chi connectivity index (χ1v) is 14.1. The molecule has 7 nitrogen and oxygen atoms in total. The first-order chi connectivity index (χ1) is 19.2. The Balaban J connectivity index is 1.91. The maximum Gasteiger partial charge on any atom is 0.355 e. The number of aryl methyl sites for hydroxylation is 1. The minimum absolute atomic E-state index is 0.0316. The highest BCUT2D eigenvalue weighted by molar-refractivity contribution is 5.91. The van der Waals surface area contributed by atoms with Gasteiger partial charge in [0.1, 0.15) is 23.1 Å². The van der Waals surface area contributed by atoms with Gasteiger partial charge in [0.25, 0.3) is 0 Å². The van der Waals surface area contributed by atoms with Crippen LogP contribution in [0.25, 0.3) is 28.0 Å². The summed E-state index contributed by atoms with van der Waals surface area (Å²) in [5, 5.41) is 10.8. The summed E-state index contributed by atoms with van der Waals surface area (Å²) in [6.07, 6.45) is 7.20. The maximum atomic E-state index is 15.8. The van der Waals surface area contributed by atoms with Gasteiger partial charge >= 0.3 is 5.69 Å². The van der Waals surface area contributed by atoms with Crippen molar-refractivity contribution in [3.63, 3.8) is 0 Å². The zero-order chi connectivity index (χ0) is 28.6. The molecule has 5 rings (SSSR count). The summed E-state index contributed by atoms with van der Waals surface area (Å²) in [5.74, 6) is -1.73. The summed E-state index contributed by atoms with van der Waals surface area (Å²) >= 11 is 0. The second-order valence-electron chi connectivity index (χ2n) is 10.9. The van der Waals surface area contributed by atoms with Gasteiger partial charge in [-0.3, -0.25) is 4.98 Å². The molecule has 0 bridgehead atoms. The van der Waals surface area contributed by atoms with Gasteiger partial charge in [-0.15, -0.1) is 0 Å². The van der Waals surface area contributed by atoms with Crippen LogP contribution in [-0.4, -0.2) is 37.2 Å². The predicted molar refractivity (Wildman–Crippen MR) is 153 cm³/mol. The Bertz CT molecular complexity index is 1600. The lowest BCUT2D eigenvalue weighted by molar-refractivity contribution is 0.470. The van der Waals surface area contributed by atoms with Crippen LogP contribution in [0.1, 0.15) is 77.0 Å². The Labute approximate surface area is 232 Å². The molecule has 0 amide bonds. The zero-order valence-corrected chi connectivity index (χ0v) is 23.4. The minimum atomic E-state index is -0.813. The quantitative estimate of drug-likeness (QED) is 0.278. The summed E-state index contributed by atoms with van der Waals surface area (Å²) in [4.78, 5) is 29.8. The van der Waals surface area contributed by atoms with Gasteiger partial charge in [0.2, 0.25) is 0 Å². The van der Waals surface area contributed by atoms with Crippen LogP contribution < -0.4 is 10.6 Å². The average molecular weight is 548 g/mol. The van der Waals surface area contributed by atoms with Crippen LogP contribution in [0, 0.1) is 11.6 Å². The molecule has 40 heavy (non-hydrogen) atoms. The average Bonchev–Trinajstić information content (AvgIpc) is 2.92. The highest BCUT2D eigenvalue weighted by Gasteiger charge is 2.28. The number of fused-ring (bicyclic) bond motifs is 1. The Morgan fingerprint density at radius 3 is 2.62 bits per heavy atom. The molecule has 1 fully saturated rings. The van der Waals surface area contributed by atoms with Crippen molar-refractivity contribution < 1.29 is 13.9 Å². The fraction of sp³-hybridized carbons (Fsp3) is 0.419. The van der Waals surface area contributed by atoms with E-state index in [1.165, 1.54) is 22.8 Å². The topological polar surface area (TPSA) is 84.1 Å². The number of hydrogen-bond acceptors (Lipinski definition) is 6. The third-order valence-electron chi connectivity index (χ3n) is 7.71. The molecule has 0 spiro atoms. The maximum absolute atomic E-state index is 15.8. The van der Waals surface area contributed by atoms with Crippen LogP contribution in [0.2, 0.25) is 0 Å². The molecule has 1 N–H and O–H groups in total. The number of benzene rings is 1. The van der Waals surface area contributed by atoms with Crippen molar-refractivity contribution in [3.8, 4) is 22.7 Å². The van der Waals surface area contributed by atoms with Gasteiger partial charge in [0.05, 0.1) is 22.3 Å². The number of unbranched alkanes of at least 4 members (excludes halogenated alkanes) is 1. The van der Waals surface area contributed by atoms with Gasteiger partial charge in [0.15, 0.2) is 11.5 Å². The van der Waals surface area contributed by atoms with E-state index in [2.05, 4.69) is 28.8 Å². The molecule has 4 aromatic rings. The molecule has 9 heteroatoms. The van der Waals surface area contributed by atoms with Crippen molar-refractivity contribution in [2.24, 2.45) is 0 Å². The summed E-state index contributed by atoms with van der Waals surface area (Å²) in [5.41, 5.74) is 1.05. The fourth-order valence-electron chi connectivity index (χ4n) is 5.62. The van der Waals surface area contributed by atoms with Crippen molar-refractivity contribution >= 4 is 16.9 Å². The molecule has 1 aliphatic rings. The van der Waals surface area contributed by atoms with Crippen LogP contribution in [0.5, 0.6) is 5.75 Å². The summed E-state index contributed by atoms with van der Waals surface area (Å²) in [6.45, 7) is 8.83. The molecular formula is C31H35F2N5O2. The normalized spacial score (nSPS) is 15.8. The second-order valence-corrected chi connectivity index (χ2v) is 10.9. The highest BCUT2D eigenvalue weighted by atomic mass is 19.1. The molecule has 1 aliphatic heterocycles. The van der Waals surface area contributed by atoms with Gasteiger partial charge in [-0.25, -0.2) is 23.1 Å². The summed E-state index contributed by atoms with van der Waals surface area (Å²) in [6, 6.07) is 7.02. The van der Waals surface area contributed by atoms with Crippen LogP contribution in [-0.2, 0) is 6.42 Å². The summed E-state index contributed by atoms with van der Waals surface area (Å²) < 4.78 is 32.2. The van der Waals surface area contributed by atoms with Gasteiger partial charge in [0, 0.05) is 18.8 Å². The molecule has 3 aromatic heterocycles. The van der Waals surface area contributed by atoms with Crippen LogP contribution in [0.15, 0.2) is 41.3 Å². The smallest absolute Gasteiger partial charge is 0.355 e. The number of anilines is 1. The largest absolute Gasteiger partial charge is 0.507 e. The van der Waals surface area contributed by atoms with Crippen LogP contribution in [0.3, 0.4) is 0 Å². The van der Waals surface area contributed by atoms with Gasteiger partial charge < -0.3 is 10.0 Å². The lowest BCUT2D eigenvalue weighted by atomic mass is 10.00. The lowest BCUT2D eigenvalue weighted by Crippen LogP contribution is -2.40. The second kappa shape index (κ2) is 11.3. The van der Waals surface area contributed by atoms with Gasteiger partial charge in [-0.1, -0.05) is 33.3 Å². The number of phenolic OH excluding ortho intramolecular Hbond substituents is 1. The first kappa shape index (κ1) is 27.7. The molecule has 1 saturated heterocycles. The number of hydrogen-bond donors (Lipinski definition) is 1. The van der Waals surface area contributed by atoms with Crippen molar-refractivity contribution in [1.82, 2.24) is 19.5 Å². The van der Waals surface area contributed by atoms with Gasteiger partial charge in [-0.2, -0.15) is 4.98 Å². The van der Waals surface area contributed by atoms with E-state index in [1.807, 2.05) is 24.8 Å². The molecule has 0 radical (unpaired) electrons. The van der Waals surface area contributed by atoms with Crippen LogP contribution in [0.4, 0.5) is 14.6 Å². The fourth-order valence-corrected chi connectivity index (χ4v) is 5.62. The van der Waals surface area contributed by atoms with Crippen molar-refractivity contribution in [1.29, 1.82) is 0 Å². The van der Waals surface area contributed by atoms with Crippen molar-refractivity contribution in [2.45, 2.75) is 78.2 Å². The molecule has 0 unspecified atom stereocenters. The number of nitrogens with zero attached hydrogens (tertiary/aromatic N) is 5. The van der Waals surface area contributed by atoms with E-state index >= 15 is 4.39 Å². The third kappa shape index (κ3) is 4.93. The number of pyridine rings is 2. The number of rotatable bonds is 7. The minimum Gasteiger partial charge on any atom is -0.507 e. The molecule has 4 heterocycles.